The van der Waals surface area contributed by atoms with Crippen LogP contribution in [0.5, 0.6) is 11.5 Å². The zero-order chi connectivity index (χ0) is 20.2. The Labute approximate surface area is 153 Å². The molecule has 0 spiro atoms. The Bertz CT molecular complexity index is 844. The van der Waals surface area contributed by atoms with Crippen LogP contribution < -0.4 is 20.1 Å². The number of methoxy groups -OCH3 is 2. The van der Waals surface area contributed by atoms with E-state index in [2.05, 4.69) is 10.6 Å². The van der Waals surface area contributed by atoms with Crippen LogP contribution in [0.2, 0.25) is 0 Å². The van der Waals surface area contributed by atoms with Crippen LogP contribution in [-0.2, 0) is 11.0 Å². The lowest BCUT2D eigenvalue weighted by Gasteiger charge is -2.16. The van der Waals surface area contributed by atoms with Gasteiger partial charge in [0.15, 0.2) is 0 Å². The molecule has 0 saturated carbocycles. The van der Waals surface area contributed by atoms with Gasteiger partial charge in [-0.3, -0.25) is 9.59 Å². The van der Waals surface area contributed by atoms with Gasteiger partial charge in [0.1, 0.15) is 11.5 Å². The van der Waals surface area contributed by atoms with Crippen molar-refractivity contribution in [1.29, 1.82) is 0 Å². The van der Waals surface area contributed by atoms with E-state index in [9.17, 15) is 22.8 Å². The highest BCUT2D eigenvalue weighted by Crippen LogP contribution is 2.37. The molecule has 9 heteroatoms. The number of nitrogens with one attached hydrogen (secondary N) is 2. The second kappa shape index (κ2) is 7.98. The summed E-state index contributed by atoms with van der Waals surface area (Å²) in [6.07, 6.45) is -4.73. The zero-order valence-electron chi connectivity index (χ0n) is 14.7. The highest BCUT2D eigenvalue weighted by molar-refractivity contribution is 6.05. The van der Waals surface area contributed by atoms with Crippen molar-refractivity contribution in [2.24, 2.45) is 0 Å². The SMILES string of the molecule is COc1cc(OC)cc(C(=O)Nc2ccc(NC(C)=O)cc2C(F)(F)F)c1. The molecule has 0 radical (unpaired) electrons. The van der Waals surface area contributed by atoms with Crippen LogP contribution in [-0.4, -0.2) is 26.0 Å². The smallest absolute Gasteiger partial charge is 0.418 e. The molecular formula is C18H17F3N2O4. The number of benzene rings is 2. The molecule has 0 aromatic heterocycles. The summed E-state index contributed by atoms with van der Waals surface area (Å²) in [5.74, 6) is -0.651. The van der Waals surface area contributed by atoms with E-state index in [1.807, 2.05) is 0 Å². The summed E-state index contributed by atoms with van der Waals surface area (Å²) < 4.78 is 50.2. The minimum atomic E-state index is -4.73. The van der Waals surface area contributed by atoms with Crippen LogP contribution >= 0.6 is 0 Å². The van der Waals surface area contributed by atoms with Crippen LogP contribution in [0.25, 0.3) is 0 Å². The van der Waals surface area contributed by atoms with Gasteiger partial charge >= 0.3 is 6.18 Å². The molecule has 6 nitrogen and oxygen atoms in total. The van der Waals surface area contributed by atoms with Crippen LogP contribution in [0.15, 0.2) is 36.4 Å². The molecule has 2 aromatic rings. The number of rotatable bonds is 5. The minimum Gasteiger partial charge on any atom is -0.497 e. The molecule has 2 amide bonds. The molecule has 0 fully saturated rings. The highest BCUT2D eigenvalue weighted by Gasteiger charge is 2.34. The lowest BCUT2D eigenvalue weighted by Crippen LogP contribution is -2.17. The van der Waals surface area contributed by atoms with Crippen molar-refractivity contribution < 1.29 is 32.2 Å². The molecule has 0 aliphatic rings. The monoisotopic (exact) mass is 382 g/mol. The number of carbonyl (C=O) groups is 2. The number of hydrogen-bond donors (Lipinski definition) is 2. The van der Waals surface area contributed by atoms with Crippen molar-refractivity contribution in [2.75, 3.05) is 24.9 Å². The summed E-state index contributed by atoms with van der Waals surface area (Å²) in [7, 11) is 2.78. The molecular weight excluding hydrogens is 365 g/mol. The number of ether oxygens (including phenoxy) is 2. The van der Waals surface area contributed by atoms with Crippen molar-refractivity contribution >= 4 is 23.2 Å². The highest BCUT2D eigenvalue weighted by atomic mass is 19.4. The molecule has 0 aliphatic carbocycles. The van der Waals surface area contributed by atoms with Gasteiger partial charge in [-0.15, -0.1) is 0 Å². The third-order valence-electron chi connectivity index (χ3n) is 3.51. The summed E-state index contributed by atoms with van der Waals surface area (Å²) in [6.45, 7) is 1.18. The minimum absolute atomic E-state index is 0.0316. The number of carbonyl (C=O) groups excluding carboxylic acids is 2. The Morgan fingerprint density at radius 3 is 2.00 bits per heavy atom. The predicted molar refractivity (Wildman–Crippen MR) is 93.2 cm³/mol. The molecule has 2 N–H and O–H groups in total. The maximum atomic E-state index is 13.4. The number of alkyl halides is 3. The van der Waals surface area contributed by atoms with Crippen molar-refractivity contribution in [3.8, 4) is 11.5 Å². The Kier molecular flexibility index (Phi) is 5.94. The van der Waals surface area contributed by atoms with E-state index in [0.29, 0.717) is 11.5 Å². The quantitative estimate of drug-likeness (QED) is 0.822. The van der Waals surface area contributed by atoms with Gasteiger partial charge < -0.3 is 20.1 Å². The van der Waals surface area contributed by atoms with Crippen molar-refractivity contribution in [1.82, 2.24) is 0 Å². The van der Waals surface area contributed by atoms with Gasteiger partial charge in [-0.1, -0.05) is 0 Å². The third kappa shape index (κ3) is 5.13. The number of anilines is 2. The van der Waals surface area contributed by atoms with E-state index in [0.717, 1.165) is 12.1 Å². The van der Waals surface area contributed by atoms with Crippen molar-refractivity contribution in [2.45, 2.75) is 13.1 Å². The van der Waals surface area contributed by atoms with Crippen molar-refractivity contribution in [3.63, 3.8) is 0 Å². The molecule has 2 aromatic carbocycles. The largest absolute Gasteiger partial charge is 0.497 e. The molecule has 0 heterocycles. The van der Waals surface area contributed by atoms with Crippen LogP contribution in [0, 0.1) is 0 Å². The maximum Gasteiger partial charge on any atom is 0.418 e. The summed E-state index contributed by atoms with van der Waals surface area (Å²) in [5, 5.41) is 4.51. The first-order chi connectivity index (χ1) is 12.6. The lowest BCUT2D eigenvalue weighted by atomic mass is 10.1. The first-order valence-corrected chi connectivity index (χ1v) is 7.67. The molecule has 0 atom stereocenters. The fraction of sp³-hybridized carbons (Fsp3) is 0.222. The molecule has 0 unspecified atom stereocenters. The van der Waals surface area contributed by atoms with E-state index in [4.69, 9.17) is 9.47 Å². The number of hydrogen-bond acceptors (Lipinski definition) is 4. The molecule has 0 saturated heterocycles. The van der Waals surface area contributed by atoms with Gasteiger partial charge in [0.2, 0.25) is 5.91 Å². The van der Waals surface area contributed by atoms with Gasteiger partial charge in [-0.05, 0) is 30.3 Å². The maximum absolute atomic E-state index is 13.4. The Morgan fingerprint density at radius 1 is 0.926 bits per heavy atom. The van der Waals surface area contributed by atoms with Crippen LogP contribution in [0.4, 0.5) is 24.5 Å². The Balaban J connectivity index is 2.38. The van der Waals surface area contributed by atoms with E-state index in [1.165, 1.54) is 45.4 Å². The first-order valence-electron chi connectivity index (χ1n) is 7.67. The average molecular weight is 382 g/mol. The van der Waals surface area contributed by atoms with Gasteiger partial charge in [-0.2, -0.15) is 13.2 Å². The fourth-order valence-electron chi connectivity index (χ4n) is 2.30. The van der Waals surface area contributed by atoms with E-state index in [1.54, 1.807) is 0 Å². The van der Waals surface area contributed by atoms with Crippen LogP contribution in [0.3, 0.4) is 0 Å². The van der Waals surface area contributed by atoms with Gasteiger partial charge in [0.05, 0.1) is 25.5 Å². The molecule has 0 bridgehead atoms. The van der Waals surface area contributed by atoms with Crippen molar-refractivity contribution in [3.05, 3.63) is 47.5 Å². The Hall–Kier alpha value is -3.23. The lowest BCUT2D eigenvalue weighted by molar-refractivity contribution is -0.137. The summed E-state index contributed by atoms with van der Waals surface area (Å²) in [4.78, 5) is 23.5. The summed E-state index contributed by atoms with van der Waals surface area (Å²) in [5.41, 5.74) is -1.50. The first kappa shape index (κ1) is 20.1. The summed E-state index contributed by atoms with van der Waals surface area (Å²) in [6, 6.07) is 7.36. The summed E-state index contributed by atoms with van der Waals surface area (Å²) >= 11 is 0. The molecule has 0 aliphatic heterocycles. The second-order valence-electron chi connectivity index (χ2n) is 5.49. The van der Waals surface area contributed by atoms with Gasteiger partial charge in [0, 0.05) is 24.2 Å². The third-order valence-corrected chi connectivity index (χ3v) is 3.51. The molecule has 27 heavy (non-hydrogen) atoms. The van der Waals surface area contributed by atoms with Gasteiger partial charge in [0.25, 0.3) is 5.91 Å². The number of halogens is 3. The van der Waals surface area contributed by atoms with Crippen LogP contribution in [0.1, 0.15) is 22.8 Å². The topological polar surface area (TPSA) is 76.7 Å². The number of amides is 2. The average Bonchev–Trinajstić information content (AvgIpc) is 2.61. The van der Waals surface area contributed by atoms with E-state index in [-0.39, 0.29) is 11.3 Å². The predicted octanol–water partition coefficient (Wildman–Crippen LogP) is 3.93. The normalized spacial score (nSPS) is 10.9. The standard InChI is InChI=1S/C18H17F3N2O4/c1-10(24)22-12-4-5-16(15(8-12)18(19,20)21)23-17(25)11-6-13(26-2)9-14(7-11)27-3/h4-9H,1-3H3,(H,22,24)(H,23,25). The van der Waals surface area contributed by atoms with E-state index >= 15 is 0 Å². The zero-order valence-corrected chi connectivity index (χ0v) is 14.7. The second-order valence-corrected chi connectivity index (χ2v) is 5.49. The Morgan fingerprint density at radius 2 is 1.52 bits per heavy atom. The van der Waals surface area contributed by atoms with Gasteiger partial charge in [-0.25, -0.2) is 0 Å². The van der Waals surface area contributed by atoms with E-state index < -0.39 is 29.2 Å². The fourth-order valence-corrected chi connectivity index (χ4v) is 2.30. The molecule has 2 rings (SSSR count). The molecule has 144 valence electrons.